The standard InChI is InChI=1S/C23H20N2O/c1-18(16-19-8-4-2-5-9-19)17-24-25-23(26)22-14-12-21(13-15-22)20-10-6-3-7-11-20/h2-17H,1H3,(H,25,26)/b18-16+,24-17+. The van der Waals surface area contributed by atoms with Gasteiger partial charge in [0.15, 0.2) is 0 Å². The van der Waals surface area contributed by atoms with Crippen LogP contribution < -0.4 is 5.43 Å². The third-order valence-electron chi connectivity index (χ3n) is 3.88. The van der Waals surface area contributed by atoms with Crippen molar-refractivity contribution >= 4 is 18.2 Å². The SMILES string of the molecule is CC(/C=N/NC(=O)c1ccc(-c2ccccc2)cc1)=C\c1ccccc1. The van der Waals surface area contributed by atoms with Gasteiger partial charge in [0.1, 0.15) is 0 Å². The van der Waals surface area contributed by atoms with Crippen molar-refractivity contribution < 1.29 is 4.79 Å². The number of hydrogen-bond acceptors (Lipinski definition) is 2. The van der Waals surface area contributed by atoms with E-state index in [0.29, 0.717) is 5.56 Å². The average molecular weight is 340 g/mol. The molecule has 3 aromatic rings. The maximum atomic E-state index is 12.2. The maximum Gasteiger partial charge on any atom is 0.271 e. The summed E-state index contributed by atoms with van der Waals surface area (Å²) in [4.78, 5) is 12.2. The minimum Gasteiger partial charge on any atom is -0.267 e. The van der Waals surface area contributed by atoms with Crippen LogP contribution >= 0.6 is 0 Å². The molecule has 0 radical (unpaired) electrons. The highest BCUT2D eigenvalue weighted by molar-refractivity contribution is 5.95. The lowest BCUT2D eigenvalue weighted by molar-refractivity contribution is 0.0955. The largest absolute Gasteiger partial charge is 0.271 e. The van der Waals surface area contributed by atoms with Crippen LogP contribution in [-0.2, 0) is 0 Å². The van der Waals surface area contributed by atoms with Gasteiger partial charge < -0.3 is 0 Å². The molecule has 1 N–H and O–H groups in total. The van der Waals surface area contributed by atoms with Crippen LogP contribution in [0.4, 0.5) is 0 Å². The highest BCUT2D eigenvalue weighted by atomic mass is 16.2. The van der Waals surface area contributed by atoms with Crippen LogP contribution in [0.5, 0.6) is 0 Å². The van der Waals surface area contributed by atoms with Gasteiger partial charge in [-0.3, -0.25) is 4.79 Å². The fourth-order valence-corrected chi connectivity index (χ4v) is 2.55. The number of hydrogen-bond donors (Lipinski definition) is 1. The Kier molecular flexibility index (Phi) is 5.73. The van der Waals surface area contributed by atoms with Crippen molar-refractivity contribution in [3.05, 3.63) is 102 Å². The minimum atomic E-state index is -0.228. The second kappa shape index (κ2) is 8.58. The molecule has 0 aliphatic carbocycles. The molecule has 26 heavy (non-hydrogen) atoms. The van der Waals surface area contributed by atoms with Gasteiger partial charge in [0.2, 0.25) is 0 Å². The average Bonchev–Trinajstić information content (AvgIpc) is 2.69. The molecule has 0 saturated carbocycles. The molecule has 1 amide bonds. The highest BCUT2D eigenvalue weighted by Gasteiger charge is 2.04. The number of hydrazone groups is 1. The van der Waals surface area contributed by atoms with E-state index >= 15 is 0 Å². The van der Waals surface area contributed by atoms with E-state index in [1.54, 1.807) is 18.3 Å². The van der Waals surface area contributed by atoms with E-state index in [-0.39, 0.29) is 5.91 Å². The summed E-state index contributed by atoms with van der Waals surface area (Å²) in [5.41, 5.74) is 7.39. The van der Waals surface area contributed by atoms with Gasteiger partial charge in [-0.05, 0) is 41.3 Å². The zero-order chi connectivity index (χ0) is 18.2. The molecule has 0 unspecified atom stereocenters. The van der Waals surface area contributed by atoms with Gasteiger partial charge in [-0.2, -0.15) is 5.10 Å². The Bertz CT molecular complexity index is 911. The summed E-state index contributed by atoms with van der Waals surface area (Å²) < 4.78 is 0. The van der Waals surface area contributed by atoms with E-state index in [9.17, 15) is 4.79 Å². The minimum absolute atomic E-state index is 0.228. The van der Waals surface area contributed by atoms with Gasteiger partial charge in [-0.25, -0.2) is 5.43 Å². The zero-order valence-corrected chi connectivity index (χ0v) is 14.6. The summed E-state index contributed by atoms with van der Waals surface area (Å²) in [5, 5.41) is 4.03. The molecular weight excluding hydrogens is 320 g/mol. The summed E-state index contributed by atoms with van der Waals surface area (Å²) in [6.45, 7) is 1.94. The first-order chi connectivity index (χ1) is 12.7. The molecular formula is C23H20N2O. The molecule has 0 spiro atoms. The molecule has 0 heterocycles. The van der Waals surface area contributed by atoms with Crippen LogP contribution in [0.3, 0.4) is 0 Å². The molecule has 3 aromatic carbocycles. The molecule has 3 heteroatoms. The number of carbonyl (C=O) groups is 1. The molecule has 0 bridgehead atoms. The van der Waals surface area contributed by atoms with Gasteiger partial charge in [0, 0.05) is 5.56 Å². The molecule has 3 nitrogen and oxygen atoms in total. The molecule has 0 aliphatic heterocycles. The van der Waals surface area contributed by atoms with E-state index in [4.69, 9.17) is 0 Å². The Hall–Kier alpha value is -3.46. The summed E-state index contributed by atoms with van der Waals surface area (Å²) in [6, 6.07) is 27.5. The lowest BCUT2D eigenvalue weighted by atomic mass is 10.0. The second-order valence-electron chi connectivity index (χ2n) is 5.94. The quantitative estimate of drug-likeness (QED) is 0.505. The lowest BCUT2D eigenvalue weighted by Crippen LogP contribution is -2.17. The van der Waals surface area contributed by atoms with Crippen molar-refractivity contribution in [1.29, 1.82) is 0 Å². The summed E-state index contributed by atoms with van der Waals surface area (Å²) in [5.74, 6) is -0.228. The van der Waals surface area contributed by atoms with E-state index < -0.39 is 0 Å². The summed E-state index contributed by atoms with van der Waals surface area (Å²) >= 11 is 0. The van der Waals surface area contributed by atoms with Crippen molar-refractivity contribution in [2.75, 3.05) is 0 Å². The van der Waals surface area contributed by atoms with E-state index in [0.717, 1.165) is 22.3 Å². The van der Waals surface area contributed by atoms with E-state index in [2.05, 4.69) is 10.5 Å². The van der Waals surface area contributed by atoms with Gasteiger partial charge in [0.05, 0.1) is 6.21 Å². The number of rotatable bonds is 5. The first-order valence-corrected chi connectivity index (χ1v) is 8.44. The molecule has 0 aromatic heterocycles. The van der Waals surface area contributed by atoms with Gasteiger partial charge in [-0.15, -0.1) is 0 Å². The number of benzene rings is 3. The van der Waals surface area contributed by atoms with Crippen LogP contribution in [0.2, 0.25) is 0 Å². The molecule has 0 aliphatic rings. The predicted octanol–water partition coefficient (Wildman–Crippen LogP) is 5.17. The van der Waals surface area contributed by atoms with Crippen LogP contribution in [0, 0.1) is 0 Å². The third-order valence-corrected chi connectivity index (χ3v) is 3.88. The fraction of sp³-hybridized carbons (Fsp3) is 0.0435. The monoisotopic (exact) mass is 340 g/mol. The van der Waals surface area contributed by atoms with Crippen molar-refractivity contribution in [3.8, 4) is 11.1 Å². The van der Waals surface area contributed by atoms with E-state index in [1.165, 1.54) is 0 Å². The van der Waals surface area contributed by atoms with Gasteiger partial charge in [-0.1, -0.05) is 78.9 Å². The summed E-state index contributed by atoms with van der Waals surface area (Å²) in [7, 11) is 0. The number of amides is 1. The molecule has 0 fully saturated rings. The van der Waals surface area contributed by atoms with Crippen LogP contribution in [-0.4, -0.2) is 12.1 Å². The number of nitrogens with zero attached hydrogens (tertiary/aromatic N) is 1. The van der Waals surface area contributed by atoms with Crippen molar-refractivity contribution in [3.63, 3.8) is 0 Å². The Morgan fingerprint density at radius 1 is 0.808 bits per heavy atom. The maximum absolute atomic E-state index is 12.2. The number of nitrogens with one attached hydrogen (secondary N) is 1. The Morgan fingerprint density at radius 3 is 2.04 bits per heavy atom. The Labute approximate surface area is 153 Å². The first-order valence-electron chi connectivity index (χ1n) is 8.44. The van der Waals surface area contributed by atoms with Gasteiger partial charge >= 0.3 is 0 Å². The number of allylic oxidation sites excluding steroid dienone is 1. The van der Waals surface area contributed by atoms with Gasteiger partial charge in [0.25, 0.3) is 5.91 Å². The van der Waals surface area contributed by atoms with Crippen molar-refractivity contribution in [1.82, 2.24) is 5.43 Å². The topological polar surface area (TPSA) is 41.5 Å². The van der Waals surface area contributed by atoms with Crippen LogP contribution in [0.25, 0.3) is 17.2 Å². The fourth-order valence-electron chi connectivity index (χ4n) is 2.55. The molecule has 128 valence electrons. The zero-order valence-electron chi connectivity index (χ0n) is 14.6. The number of carbonyl (C=O) groups excluding carboxylic acids is 1. The second-order valence-corrected chi connectivity index (χ2v) is 5.94. The third kappa shape index (κ3) is 4.77. The normalized spacial score (nSPS) is 11.5. The lowest BCUT2D eigenvalue weighted by Gasteiger charge is -2.03. The first kappa shape index (κ1) is 17.4. The molecule has 0 atom stereocenters. The molecule has 3 rings (SSSR count). The smallest absolute Gasteiger partial charge is 0.267 e. The summed E-state index contributed by atoms with van der Waals surface area (Å²) in [6.07, 6.45) is 3.65. The van der Waals surface area contributed by atoms with Crippen molar-refractivity contribution in [2.24, 2.45) is 5.10 Å². The Balaban J connectivity index is 1.60. The van der Waals surface area contributed by atoms with Crippen LogP contribution in [0.1, 0.15) is 22.8 Å². The highest BCUT2D eigenvalue weighted by Crippen LogP contribution is 2.19. The van der Waals surface area contributed by atoms with E-state index in [1.807, 2.05) is 85.8 Å². The predicted molar refractivity (Wildman–Crippen MR) is 108 cm³/mol. The Morgan fingerprint density at radius 2 is 1.38 bits per heavy atom. The van der Waals surface area contributed by atoms with Crippen molar-refractivity contribution in [2.45, 2.75) is 6.92 Å². The molecule has 0 saturated heterocycles. The van der Waals surface area contributed by atoms with Crippen LogP contribution in [0.15, 0.2) is 95.6 Å².